The smallest absolute Gasteiger partial charge is 0.325 e. The fraction of sp³-hybridized carbons (Fsp3) is 0.524. The van der Waals surface area contributed by atoms with Crippen LogP contribution in [0.4, 0.5) is 10.5 Å². The predicted molar refractivity (Wildman–Crippen MR) is 105 cm³/mol. The maximum atomic E-state index is 12.9. The molecule has 1 saturated carbocycles. The van der Waals surface area contributed by atoms with E-state index in [1.165, 1.54) is 0 Å². The summed E-state index contributed by atoms with van der Waals surface area (Å²) < 4.78 is 0. The molecule has 1 aliphatic heterocycles. The summed E-state index contributed by atoms with van der Waals surface area (Å²) in [4.78, 5) is 50.6. The molecule has 1 saturated heterocycles. The van der Waals surface area contributed by atoms with Crippen LogP contribution in [0.2, 0.25) is 0 Å². The van der Waals surface area contributed by atoms with Gasteiger partial charge in [-0.25, -0.2) is 4.79 Å². The second-order valence-corrected chi connectivity index (χ2v) is 7.62. The van der Waals surface area contributed by atoms with Crippen molar-refractivity contribution in [2.45, 2.75) is 63.8 Å². The van der Waals surface area contributed by atoms with E-state index >= 15 is 0 Å². The molecule has 2 N–H and O–H groups in total. The number of urea groups is 1. The van der Waals surface area contributed by atoms with Gasteiger partial charge in [-0.3, -0.25) is 19.3 Å². The molecule has 1 aromatic carbocycles. The Morgan fingerprint density at radius 2 is 1.71 bits per heavy atom. The number of benzene rings is 1. The fourth-order valence-corrected chi connectivity index (χ4v) is 3.92. The molecule has 1 aromatic rings. The average Bonchev–Trinajstić information content (AvgIpc) is 2.83. The van der Waals surface area contributed by atoms with Crippen molar-refractivity contribution < 1.29 is 19.2 Å². The highest BCUT2D eigenvalue weighted by molar-refractivity contribution is 6.11. The molecule has 1 spiro atoms. The lowest BCUT2D eigenvalue weighted by atomic mass is 9.90. The topological polar surface area (TPSA) is 95.6 Å². The van der Waals surface area contributed by atoms with Crippen molar-refractivity contribution >= 4 is 29.3 Å². The molecule has 1 heterocycles. The lowest BCUT2D eigenvalue weighted by Crippen LogP contribution is -2.46. The van der Waals surface area contributed by atoms with Gasteiger partial charge in [-0.2, -0.15) is 0 Å². The minimum absolute atomic E-state index is 0.0744. The molecule has 7 heteroatoms. The van der Waals surface area contributed by atoms with Crippen LogP contribution in [0.25, 0.3) is 0 Å². The molecule has 150 valence electrons. The summed E-state index contributed by atoms with van der Waals surface area (Å²) >= 11 is 0. The van der Waals surface area contributed by atoms with Crippen LogP contribution < -0.4 is 10.6 Å². The maximum Gasteiger partial charge on any atom is 0.325 e. The number of imide groups is 1. The number of nitrogens with one attached hydrogen (secondary N) is 2. The van der Waals surface area contributed by atoms with Gasteiger partial charge in [-0.1, -0.05) is 32.6 Å². The van der Waals surface area contributed by atoms with Crippen LogP contribution in [0.5, 0.6) is 0 Å². The van der Waals surface area contributed by atoms with Crippen LogP contribution in [-0.2, 0) is 9.59 Å². The Morgan fingerprint density at radius 3 is 2.32 bits per heavy atom. The van der Waals surface area contributed by atoms with E-state index in [0.29, 0.717) is 30.5 Å². The quantitative estimate of drug-likeness (QED) is 0.580. The van der Waals surface area contributed by atoms with Crippen molar-refractivity contribution in [1.29, 1.82) is 0 Å². The number of rotatable bonds is 6. The summed E-state index contributed by atoms with van der Waals surface area (Å²) in [5.74, 6) is -0.661. The van der Waals surface area contributed by atoms with Crippen molar-refractivity contribution in [2.24, 2.45) is 0 Å². The largest absolute Gasteiger partial charge is 0.326 e. The van der Waals surface area contributed by atoms with Crippen LogP contribution in [0.1, 0.15) is 68.6 Å². The minimum Gasteiger partial charge on any atom is -0.326 e. The Bertz CT molecular complexity index is 764. The molecule has 2 aliphatic rings. The summed E-state index contributed by atoms with van der Waals surface area (Å²) in [5.41, 5.74) is 0.180. The molecule has 4 amide bonds. The summed E-state index contributed by atoms with van der Waals surface area (Å²) in [6.07, 6.45) is 6.39. The highest BCUT2D eigenvalue weighted by atomic mass is 16.2. The molecule has 28 heavy (non-hydrogen) atoms. The SMILES string of the molecule is CCCC(=O)Nc1ccc(C(=O)CN2C(=O)NC3(CCCCCC3)C2=O)cc1. The van der Waals surface area contributed by atoms with Gasteiger partial charge in [0.25, 0.3) is 5.91 Å². The molecular weight excluding hydrogens is 358 g/mol. The second-order valence-electron chi connectivity index (χ2n) is 7.62. The first-order chi connectivity index (χ1) is 13.4. The van der Waals surface area contributed by atoms with E-state index in [2.05, 4.69) is 10.6 Å². The number of nitrogens with zero attached hydrogens (tertiary/aromatic N) is 1. The van der Waals surface area contributed by atoms with Gasteiger partial charge < -0.3 is 10.6 Å². The molecule has 0 bridgehead atoms. The fourth-order valence-electron chi connectivity index (χ4n) is 3.92. The molecular formula is C21H27N3O4. The van der Waals surface area contributed by atoms with Gasteiger partial charge >= 0.3 is 6.03 Å². The number of hydrogen-bond acceptors (Lipinski definition) is 4. The van der Waals surface area contributed by atoms with E-state index in [1.54, 1.807) is 24.3 Å². The number of Topliss-reactive ketones (excluding diaryl/α,β-unsaturated/α-hetero) is 1. The number of ketones is 1. The number of anilines is 1. The third-order valence-corrected chi connectivity index (χ3v) is 5.47. The zero-order chi connectivity index (χ0) is 20.1. The number of carbonyl (C=O) groups is 4. The van der Waals surface area contributed by atoms with Crippen LogP contribution in [0.3, 0.4) is 0 Å². The first-order valence-corrected chi connectivity index (χ1v) is 10.0. The number of amides is 4. The van der Waals surface area contributed by atoms with E-state index in [0.717, 1.165) is 37.0 Å². The molecule has 0 radical (unpaired) electrons. The standard InChI is InChI=1S/C21H27N3O4/c1-2-7-18(26)22-16-10-8-15(9-11-16)17(25)14-24-19(27)21(23-20(24)28)12-5-3-4-6-13-21/h8-11H,2-7,12-14H2,1H3,(H,22,26)(H,23,28). The van der Waals surface area contributed by atoms with Crippen LogP contribution in [0, 0.1) is 0 Å². The minimum atomic E-state index is -0.832. The van der Waals surface area contributed by atoms with Gasteiger partial charge in [0.1, 0.15) is 5.54 Å². The molecule has 0 unspecified atom stereocenters. The maximum absolute atomic E-state index is 12.9. The number of carbonyl (C=O) groups excluding carboxylic acids is 4. The van der Waals surface area contributed by atoms with E-state index in [-0.39, 0.29) is 24.1 Å². The lowest BCUT2D eigenvalue weighted by Gasteiger charge is -2.24. The van der Waals surface area contributed by atoms with Gasteiger partial charge in [-0.15, -0.1) is 0 Å². The summed E-state index contributed by atoms with van der Waals surface area (Å²) in [6.45, 7) is 1.66. The average molecular weight is 385 g/mol. The predicted octanol–water partition coefficient (Wildman–Crippen LogP) is 3.25. The van der Waals surface area contributed by atoms with Gasteiger partial charge in [0.15, 0.2) is 5.78 Å². The molecule has 0 aromatic heterocycles. The lowest BCUT2D eigenvalue weighted by molar-refractivity contribution is -0.131. The van der Waals surface area contributed by atoms with Gasteiger partial charge in [-0.05, 0) is 43.5 Å². The second kappa shape index (κ2) is 8.54. The highest BCUT2D eigenvalue weighted by Crippen LogP contribution is 2.32. The molecule has 2 fully saturated rings. The third-order valence-electron chi connectivity index (χ3n) is 5.47. The Balaban J connectivity index is 1.65. The Hall–Kier alpha value is -2.70. The Labute approximate surface area is 164 Å². The zero-order valence-electron chi connectivity index (χ0n) is 16.3. The van der Waals surface area contributed by atoms with Crippen molar-refractivity contribution in [2.75, 3.05) is 11.9 Å². The van der Waals surface area contributed by atoms with Crippen molar-refractivity contribution in [3.63, 3.8) is 0 Å². The summed E-state index contributed by atoms with van der Waals surface area (Å²) in [7, 11) is 0. The molecule has 7 nitrogen and oxygen atoms in total. The monoisotopic (exact) mass is 385 g/mol. The highest BCUT2D eigenvalue weighted by Gasteiger charge is 2.51. The zero-order valence-corrected chi connectivity index (χ0v) is 16.3. The van der Waals surface area contributed by atoms with E-state index < -0.39 is 11.6 Å². The first kappa shape index (κ1) is 20.0. The third kappa shape index (κ3) is 4.24. The van der Waals surface area contributed by atoms with Crippen molar-refractivity contribution in [1.82, 2.24) is 10.2 Å². The van der Waals surface area contributed by atoms with E-state index in [4.69, 9.17) is 0 Å². The van der Waals surface area contributed by atoms with Crippen LogP contribution in [0.15, 0.2) is 24.3 Å². The van der Waals surface area contributed by atoms with Crippen LogP contribution in [-0.4, -0.2) is 40.6 Å². The molecule has 3 rings (SSSR count). The Morgan fingerprint density at radius 1 is 1.07 bits per heavy atom. The van der Waals surface area contributed by atoms with Gasteiger partial charge in [0.05, 0.1) is 6.54 Å². The van der Waals surface area contributed by atoms with E-state index in [1.807, 2.05) is 6.92 Å². The van der Waals surface area contributed by atoms with Gasteiger partial charge in [0.2, 0.25) is 5.91 Å². The van der Waals surface area contributed by atoms with E-state index in [9.17, 15) is 19.2 Å². The van der Waals surface area contributed by atoms with Crippen molar-refractivity contribution in [3.05, 3.63) is 29.8 Å². The van der Waals surface area contributed by atoms with Crippen molar-refractivity contribution in [3.8, 4) is 0 Å². The van der Waals surface area contributed by atoms with Gasteiger partial charge in [0, 0.05) is 17.7 Å². The number of hydrogen-bond donors (Lipinski definition) is 2. The normalized spacial score (nSPS) is 18.7. The molecule has 1 aliphatic carbocycles. The first-order valence-electron chi connectivity index (χ1n) is 10.0. The van der Waals surface area contributed by atoms with Crippen LogP contribution >= 0.6 is 0 Å². The summed E-state index contributed by atoms with van der Waals surface area (Å²) in [6, 6.07) is 6.02. The summed E-state index contributed by atoms with van der Waals surface area (Å²) in [5, 5.41) is 5.61. The Kier molecular flexibility index (Phi) is 6.11. The molecule has 0 atom stereocenters.